The summed E-state index contributed by atoms with van der Waals surface area (Å²) in [6.07, 6.45) is 0. The minimum Gasteiger partial charge on any atom is -0.497 e. The van der Waals surface area contributed by atoms with Gasteiger partial charge in [-0.3, -0.25) is 9.89 Å². The summed E-state index contributed by atoms with van der Waals surface area (Å²) in [5, 5.41) is 11.0. The maximum Gasteiger partial charge on any atom is 0.252 e. The van der Waals surface area contributed by atoms with Crippen LogP contribution in [0.4, 0.5) is 4.39 Å². The Kier molecular flexibility index (Phi) is 6.32. The van der Waals surface area contributed by atoms with Crippen LogP contribution >= 0.6 is 0 Å². The van der Waals surface area contributed by atoms with E-state index in [-0.39, 0.29) is 11.7 Å². The lowest BCUT2D eigenvalue weighted by Gasteiger charge is -2.11. The van der Waals surface area contributed by atoms with E-state index >= 15 is 0 Å². The number of hydrogen-bond donors (Lipinski definition) is 2. The molecule has 8 heteroatoms. The van der Waals surface area contributed by atoms with Crippen LogP contribution in [0.5, 0.6) is 11.5 Å². The van der Waals surface area contributed by atoms with Crippen molar-refractivity contribution in [3.63, 3.8) is 0 Å². The van der Waals surface area contributed by atoms with Gasteiger partial charge in [-0.1, -0.05) is 12.1 Å². The number of methoxy groups -OCH3 is 2. The molecule has 0 atom stereocenters. The predicted octanol–water partition coefficient (Wildman–Crippen LogP) is 5.38. The van der Waals surface area contributed by atoms with E-state index in [4.69, 9.17) is 9.47 Å². The van der Waals surface area contributed by atoms with Crippen molar-refractivity contribution in [1.29, 1.82) is 0 Å². The van der Waals surface area contributed by atoms with Gasteiger partial charge in [0, 0.05) is 17.7 Å². The van der Waals surface area contributed by atoms with Gasteiger partial charge in [0.05, 0.1) is 36.6 Å². The first-order valence-electron chi connectivity index (χ1n) is 11.3. The molecule has 0 bridgehead atoms. The molecular formula is C28H23FN4O3. The molecular weight excluding hydrogens is 459 g/mol. The molecule has 0 fully saturated rings. The van der Waals surface area contributed by atoms with E-state index in [0.717, 1.165) is 16.9 Å². The fraction of sp³-hybridized carbons (Fsp3) is 0.107. The van der Waals surface area contributed by atoms with Crippen LogP contribution in [0, 0.1) is 5.82 Å². The third-order valence-electron chi connectivity index (χ3n) is 5.87. The molecule has 0 aliphatic rings. The van der Waals surface area contributed by atoms with Gasteiger partial charge in [0.1, 0.15) is 17.3 Å². The lowest BCUT2D eigenvalue weighted by atomic mass is 10.0. The zero-order valence-corrected chi connectivity index (χ0v) is 19.7. The number of aromatic nitrogens is 3. The molecule has 5 aromatic rings. The topological polar surface area (TPSA) is 89.1 Å². The second-order valence-corrected chi connectivity index (χ2v) is 8.12. The van der Waals surface area contributed by atoms with Gasteiger partial charge in [-0.25, -0.2) is 9.37 Å². The molecule has 180 valence electrons. The van der Waals surface area contributed by atoms with Gasteiger partial charge in [0.15, 0.2) is 5.65 Å². The van der Waals surface area contributed by atoms with E-state index < -0.39 is 0 Å². The first-order chi connectivity index (χ1) is 17.6. The number of aromatic amines is 1. The number of H-pyrrole nitrogens is 1. The van der Waals surface area contributed by atoms with Gasteiger partial charge < -0.3 is 14.8 Å². The van der Waals surface area contributed by atoms with E-state index in [1.54, 1.807) is 32.4 Å². The molecule has 2 aromatic heterocycles. The summed E-state index contributed by atoms with van der Waals surface area (Å²) in [4.78, 5) is 18.2. The van der Waals surface area contributed by atoms with Crippen LogP contribution < -0.4 is 14.8 Å². The molecule has 0 spiro atoms. The molecule has 0 saturated carbocycles. The van der Waals surface area contributed by atoms with Crippen molar-refractivity contribution in [1.82, 2.24) is 20.5 Å². The molecule has 2 N–H and O–H groups in total. The van der Waals surface area contributed by atoms with Crippen LogP contribution in [0.15, 0.2) is 78.9 Å². The highest BCUT2D eigenvalue weighted by molar-refractivity contribution is 6.11. The summed E-state index contributed by atoms with van der Waals surface area (Å²) in [6, 6.07) is 22.6. The third-order valence-corrected chi connectivity index (χ3v) is 5.87. The summed E-state index contributed by atoms with van der Waals surface area (Å²) in [5.74, 6) is 0.793. The second-order valence-electron chi connectivity index (χ2n) is 8.12. The lowest BCUT2D eigenvalue weighted by molar-refractivity contribution is 0.0952. The Morgan fingerprint density at radius 1 is 0.917 bits per heavy atom. The Labute approximate surface area is 206 Å². The number of nitrogens with zero attached hydrogens (tertiary/aromatic N) is 2. The highest BCUT2D eigenvalue weighted by atomic mass is 19.1. The van der Waals surface area contributed by atoms with Crippen molar-refractivity contribution in [2.24, 2.45) is 0 Å². The van der Waals surface area contributed by atoms with Crippen molar-refractivity contribution >= 4 is 16.9 Å². The lowest BCUT2D eigenvalue weighted by Crippen LogP contribution is -2.23. The predicted molar refractivity (Wildman–Crippen MR) is 135 cm³/mol. The summed E-state index contributed by atoms with van der Waals surface area (Å²) < 4.78 is 24.0. The molecule has 0 aliphatic carbocycles. The number of nitrogens with one attached hydrogen (secondary N) is 2. The van der Waals surface area contributed by atoms with Gasteiger partial charge in [0.25, 0.3) is 5.91 Å². The summed E-state index contributed by atoms with van der Waals surface area (Å²) in [6.45, 7) is 0.307. The fourth-order valence-electron chi connectivity index (χ4n) is 4.00. The minimum atomic E-state index is -0.349. The van der Waals surface area contributed by atoms with Crippen molar-refractivity contribution < 1.29 is 18.7 Å². The van der Waals surface area contributed by atoms with Crippen LogP contribution in [0.3, 0.4) is 0 Å². The normalized spacial score (nSPS) is 10.9. The van der Waals surface area contributed by atoms with E-state index in [9.17, 15) is 9.18 Å². The molecule has 7 nitrogen and oxygen atoms in total. The summed E-state index contributed by atoms with van der Waals surface area (Å²) in [5.41, 5.74) is 4.37. The average Bonchev–Trinajstić information content (AvgIpc) is 3.36. The summed E-state index contributed by atoms with van der Waals surface area (Å²) in [7, 11) is 3.20. The number of carbonyl (C=O) groups excluding carboxylic acids is 1. The van der Waals surface area contributed by atoms with Crippen molar-refractivity contribution in [3.8, 4) is 34.0 Å². The molecule has 0 aliphatic heterocycles. The molecule has 5 rings (SSSR count). The SMILES string of the molecule is COc1ccc(-c2[nH]nc3nc(-c4ccc(F)cc4)cc(C(=O)NCc4cccc(OC)c4)c23)cc1. The molecule has 0 unspecified atom stereocenters. The van der Waals surface area contributed by atoms with E-state index in [2.05, 4.69) is 20.5 Å². The first-order valence-corrected chi connectivity index (χ1v) is 11.3. The number of pyridine rings is 1. The number of halogens is 1. The number of benzene rings is 3. The summed E-state index contributed by atoms with van der Waals surface area (Å²) >= 11 is 0. The van der Waals surface area contributed by atoms with Crippen molar-refractivity contribution in [3.05, 3.63) is 95.8 Å². The highest BCUT2D eigenvalue weighted by Crippen LogP contribution is 2.32. The zero-order chi connectivity index (χ0) is 25.1. The average molecular weight is 483 g/mol. The monoisotopic (exact) mass is 482 g/mol. The molecule has 3 aromatic carbocycles. The van der Waals surface area contributed by atoms with Gasteiger partial charge >= 0.3 is 0 Å². The van der Waals surface area contributed by atoms with Crippen LogP contribution in [-0.4, -0.2) is 35.3 Å². The van der Waals surface area contributed by atoms with Gasteiger partial charge in [0.2, 0.25) is 0 Å². The van der Waals surface area contributed by atoms with Crippen LogP contribution in [-0.2, 0) is 6.54 Å². The Hall–Kier alpha value is -4.72. The number of hydrogen-bond acceptors (Lipinski definition) is 5. The first kappa shape index (κ1) is 23.0. The van der Waals surface area contributed by atoms with Crippen LogP contribution in [0.1, 0.15) is 15.9 Å². The van der Waals surface area contributed by atoms with Crippen LogP contribution in [0.25, 0.3) is 33.5 Å². The largest absolute Gasteiger partial charge is 0.497 e. The Morgan fingerprint density at radius 3 is 2.36 bits per heavy atom. The number of carbonyl (C=O) groups is 1. The van der Waals surface area contributed by atoms with Gasteiger partial charge in [-0.2, -0.15) is 5.10 Å². The van der Waals surface area contributed by atoms with Gasteiger partial charge in [-0.15, -0.1) is 0 Å². The van der Waals surface area contributed by atoms with Gasteiger partial charge in [-0.05, 0) is 72.3 Å². The van der Waals surface area contributed by atoms with Crippen molar-refractivity contribution in [2.45, 2.75) is 6.54 Å². The Morgan fingerprint density at radius 2 is 1.64 bits per heavy atom. The van der Waals surface area contributed by atoms with E-state index in [1.165, 1.54) is 12.1 Å². The molecule has 0 saturated heterocycles. The number of rotatable bonds is 7. The molecule has 2 heterocycles. The zero-order valence-electron chi connectivity index (χ0n) is 19.7. The van der Waals surface area contributed by atoms with Crippen LogP contribution in [0.2, 0.25) is 0 Å². The molecule has 0 radical (unpaired) electrons. The Bertz CT molecular complexity index is 1530. The number of ether oxygens (including phenoxy) is 2. The molecule has 36 heavy (non-hydrogen) atoms. The minimum absolute atomic E-state index is 0.287. The number of fused-ring (bicyclic) bond motifs is 1. The third kappa shape index (κ3) is 4.61. The second kappa shape index (κ2) is 9.87. The quantitative estimate of drug-likeness (QED) is 0.325. The van der Waals surface area contributed by atoms with E-state index in [1.807, 2.05) is 48.5 Å². The molecule has 1 amide bonds. The van der Waals surface area contributed by atoms with E-state index in [0.29, 0.717) is 45.8 Å². The highest BCUT2D eigenvalue weighted by Gasteiger charge is 2.20. The number of amides is 1. The maximum atomic E-state index is 13.5. The smallest absolute Gasteiger partial charge is 0.252 e. The fourth-order valence-corrected chi connectivity index (χ4v) is 4.00. The van der Waals surface area contributed by atoms with Crippen molar-refractivity contribution in [2.75, 3.05) is 14.2 Å². The Balaban J connectivity index is 1.58. The standard InChI is InChI=1S/C28H23FN4O3/c1-35-21-12-8-19(9-13-21)26-25-23(28(34)30-16-17-4-3-5-22(14-17)36-2)15-24(31-27(25)33-32-26)18-6-10-20(29)11-7-18/h3-15H,16H2,1-2H3,(H,30,34)(H,31,32,33). The maximum absolute atomic E-state index is 13.5.